The summed E-state index contributed by atoms with van der Waals surface area (Å²) in [6.45, 7) is 3.56. The van der Waals surface area contributed by atoms with Gasteiger partial charge in [-0.1, -0.05) is 13.0 Å². The number of aliphatic hydroxyl groups is 1. The smallest absolute Gasteiger partial charge is 0.295 e. The molecule has 0 saturated carbocycles. The number of ether oxygens (including phenoxy) is 2. The Balaban J connectivity index is 2.10. The Morgan fingerprint density at radius 2 is 1.82 bits per heavy atom. The Hall–Kier alpha value is -3.39. The molecule has 182 valence electrons. The Labute approximate surface area is 199 Å². The van der Waals surface area contributed by atoms with Crippen molar-refractivity contribution in [2.75, 3.05) is 40.9 Å². The normalized spacial score (nSPS) is 17.5. The second-order valence-electron chi connectivity index (χ2n) is 8.41. The van der Waals surface area contributed by atoms with E-state index in [-0.39, 0.29) is 16.9 Å². The Kier molecular flexibility index (Phi) is 8.28. The van der Waals surface area contributed by atoms with Gasteiger partial charge in [-0.15, -0.1) is 0 Å². The fraction of sp³-hybridized carbons (Fsp3) is 0.385. The highest BCUT2D eigenvalue weighted by molar-refractivity contribution is 6.46. The molecule has 3 rings (SSSR count). The summed E-state index contributed by atoms with van der Waals surface area (Å²) in [6, 6.07) is 9.55. The quantitative estimate of drug-likeness (QED) is 0.321. The molecule has 1 aliphatic rings. The number of ketones is 1. The number of hydrogen-bond acceptors (Lipinski definition) is 6. The standard InChI is InChI=1S/C26H31FN2O5/c1-5-15-34-20-12-9-18(16-21(20)33-4)23-22(24(30)17-7-10-19(27)11-8-17)25(31)26(32)29(23)14-6-13-28(2)3/h7-12,16,23,30H,5-6,13-15H2,1-4H3/b24-22+/t23-/m1/s1. The number of Topliss-reactive ketones (excluding diaryl/α,β-unsaturated/α-hetero) is 1. The van der Waals surface area contributed by atoms with Gasteiger partial charge in [0.25, 0.3) is 11.7 Å². The van der Waals surface area contributed by atoms with E-state index in [4.69, 9.17) is 9.47 Å². The minimum absolute atomic E-state index is 0.0364. The van der Waals surface area contributed by atoms with Crippen LogP contribution in [0, 0.1) is 5.82 Å². The number of aliphatic hydroxyl groups excluding tert-OH is 1. The van der Waals surface area contributed by atoms with E-state index in [9.17, 15) is 19.1 Å². The molecule has 1 N–H and O–H groups in total. The zero-order valence-electron chi connectivity index (χ0n) is 20.0. The molecule has 1 amide bonds. The monoisotopic (exact) mass is 470 g/mol. The van der Waals surface area contributed by atoms with E-state index in [0.29, 0.717) is 36.6 Å². The molecule has 1 fully saturated rings. The molecule has 2 aromatic rings. The van der Waals surface area contributed by atoms with Gasteiger partial charge in [0.05, 0.1) is 25.3 Å². The first-order valence-corrected chi connectivity index (χ1v) is 11.3. The molecule has 0 spiro atoms. The molecule has 0 aliphatic carbocycles. The highest BCUT2D eigenvalue weighted by Crippen LogP contribution is 2.42. The molecule has 1 atom stereocenters. The van der Waals surface area contributed by atoms with Gasteiger partial charge in [0, 0.05) is 12.1 Å². The third kappa shape index (κ3) is 5.39. The minimum atomic E-state index is -0.818. The van der Waals surface area contributed by atoms with Crippen molar-refractivity contribution in [2.45, 2.75) is 25.8 Å². The van der Waals surface area contributed by atoms with E-state index in [1.54, 1.807) is 18.2 Å². The van der Waals surface area contributed by atoms with Crippen LogP contribution in [0.15, 0.2) is 48.0 Å². The van der Waals surface area contributed by atoms with Crippen molar-refractivity contribution in [3.63, 3.8) is 0 Å². The molecule has 1 aliphatic heterocycles. The number of carbonyl (C=O) groups is 2. The van der Waals surface area contributed by atoms with Gasteiger partial charge in [-0.25, -0.2) is 4.39 Å². The molecular formula is C26H31FN2O5. The van der Waals surface area contributed by atoms with Crippen LogP contribution in [-0.4, -0.2) is 67.5 Å². The third-order valence-electron chi connectivity index (χ3n) is 5.63. The number of methoxy groups -OCH3 is 1. The molecular weight excluding hydrogens is 439 g/mol. The van der Waals surface area contributed by atoms with E-state index in [0.717, 1.165) is 13.0 Å². The first kappa shape index (κ1) is 25.2. The molecule has 34 heavy (non-hydrogen) atoms. The van der Waals surface area contributed by atoms with Crippen molar-refractivity contribution in [3.8, 4) is 11.5 Å². The lowest BCUT2D eigenvalue weighted by Crippen LogP contribution is -2.32. The van der Waals surface area contributed by atoms with Crippen LogP contribution in [0.1, 0.15) is 36.9 Å². The van der Waals surface area contributed by atoms with Crippen LogP contribution in [0.2, 0.25) is 0 Å². The summed E-state index contributed by atoms with van der Waals surface area (Å²) in [5.74, 6) is -1.25. The summed E-state index contributed by atoms with van der Waals surface area (Å²) in [4.78, 5) is 29.6. The Morgan fingerprint density at radius 3 is 2.44 bits per heavy atom. The summed E-state index contributed by atoms with van der Waals surface area (Å²) in [5, 5.41) is 11.1. The summed E-state index contributed by atoms with van der Waals surface area (Å²) < 4.78 is 24.7. The summed E-state index contributed by atoms with van der Waals surface area (Å²) in [7, 11) is 5.38. The summed E-state index contributed by atoms with van der Waals surface area (Å²) in [5.41, 5.74) is 0.826. The number of nitrogens with zero attached hydrogens (tertiary/aromatic N) is 2. The van der Waals surface area contributed by atoms with Gasteiger partial charge in [-0.3, -0.25) is 9.59 Å². The molecule has 0 radical (unpaired) electrons. The van der Waals surface area contributed by atoms with Crippen LogP contribution >= 0.6 is 0 Å². The minimum Gasteiger partial charge on any atom is -0.507 e. The van der Waals surface area contributed by atoms with Gasteiger partial charge in [-0.2, -0.15) is 0 Å². The highest BCUT2D eigenvalue weighted by Gasteiger charge is 2.46. The predicted molar refractivity (Wildman–Crippen MR) is 127 cm³/mol. The van der Waals surface area contributed by atoms with E-state index in [2.05, 4.69) is 0 Å². The fourth-order valence-electron chi connectivity index (χ4n) is 3.96. The van der Waals surface area contributed by atoms with Crippen LogP contribution in [0.3, 0.4) is 0 Å². The van der Waals surface area contributed by atoms with Crippen LogP contribution in [0.5, 0.6) is 11.5 Å². The fourth-order valence-corrected chi connectivity index (χ4v) is 3.96. The lowest BCUT2D eigenvalue weighted by atomic mass is 9.95. The van der Waals surface area contributed by atoms with Gasteiger partial charge in [0.1, 0.15) is 11.6 Å². The zero-order chi connectivity index (χ0) is 24.8. The van der Waals surface area contributed by atoms with Crippen molar-refractivity contribution in [2.24, 2.45) is 0 Å². The van der Waals surface area contributed by atoms with Gasteiger partial charge in [-0.05, 0) is 75.4 Å². The van der Waals surface area contributed by atoms with E-state index < -0.39 is 23.5 Å². The zero-order valence-corrected chi connectivity index (χ0v) is 20.0. The molecule has 2 aromatic carbocycles. The lowest BCUT2D eigenvalue weighted by molar-refractivity contribution is -0.139. The van der Waals surface area contributed by atoms with Crippen molar-refractivity contribution in [3.05, 3.63) is 65.0 Å². The highest BCUT2D eigenvalue weighted by atomic mass is 19.1. The van der Waals surface area contributed by atoms with Crippen LogP contribution < -0.4 is 9.47 Å². The van der Waals surface area contributed by atoms with Crippen molar-refractivity contribution >= 4 is 17.4 Å². The molecule has 0 bridgehead atoms. The first-order valence-electron chi connectivity index (χ1n) is 11.3. The first-order chi connectivity index (χ1) is 16.3. The second kappa shape index (κ2) is 11.2. The SMILES string of the molecule is CCCOc1ccc([C@@H]2/C(=C(\O)c3ccc(F)cc3)C(=O)C(=O)N2CCCN(C)C)cc1OC. The second-order valence-corrected chi connectivity index (χ2v) is 8.41. The summed E-state index contributed by atoms with van der Waals surface area (Å²) in [6.07, 6.45) is 1.47. The van der Waals surface area contributed by atoms with E-state index in [1.165, 1.54) is 36.3 Å². The summed E-state index contributed by atoms with van der Waals surface area (Å²) >= 11 is 0. The van der Waals surface area contributed by atoms with Crippen LogP contribution in [0.4, 0.5) is 4.39 Å². The molecule has 1 heterocycles. The maximum Gasteiger partial charge on any atom is 0.295 e. The maximum absolute atomic E-state index is 13.4. The van der Waals surface area contributed by atoms with Gasteiger partial charge in [0.2, 0.25) is 0 Å². The van der Waals surface area contributed by atoms with Gasteiger partial charge < -0.3 is 24.4 Å². The van der Waals surface area contributed by atoms with Crippen molar-refractivity contribution < 1.29 is 28.6 Å². The average Bonchev–Trinajstić information content (AvgIpc) is 3.07. The van der Waals surface area contributed by atoms with Crippen LogP contribution in [-0.2, 0) is 9.59 Å². The number of halogens is 1. The number of hydrogen-bond donors (Lipinski definition) is 1. The van der Waals surface area contributed by atoms with E-state index in [1.807, 2.05) is 25.9 Å². The Morgan fingerprint density at radius 1 is 1.12 bits per heavy atom. The number of rotatable bonds is 10. The number of carbonyl (C=O) groups excluding carboxylic acids is 2. The molecule has 1 saturated heterocycles. The predicted octanol–water partition coefficient (Wildman–Crippen LogP) is 4.00. The topological polar surface area (TPSA) is 79.3 Å². The molecule has 7 nitrogen and oxygen atoms in total. The largest absolute Gasteiger partial charge is 0.507 e. The Bertz CT molecular complexity index is 1070. The van der Waals surface area contributed by atoms with Gasteiger partial charge in [0.15, 0.2) is 11.5 Å². The van der Waals surface area contributed by atoms with Crippen molar-refractivity contribution in [1.29, 1.82) is 0 Å². The van der Waals surface area contributed by atoms with E-state index >= 15 is 0 Å². The maximum atomic E-state index is 13.4. The number of benzene rings is 2. The van der Waals surface area contributed by atoms with Crippen LogP contribution in [0.25, 0.3) is 5.76 Å². The average molecular weight is 471 g/mol. The van der Waals surface area contributed by atoms with Crippen molar-refractivity contribution in [1.82, 2.24) is 9.80 Å². The molecule has 0 aromatic heterocycles. The van der Waals surface area contributed by atoms with Gasteiger partial charge >= 0.3 is 0 Å². The lowest BCUT2D eigenvalue weighted by Gasteiger charge is -2.26. The third-order valence-corrected chi connectivity index (χ3v) is 5.63. The molecule has 0 unspecified atom stereocenters. The number of amides is 1. The number of likely N-dealkylation sites (tertiary alicyclic amines) is 1. The molecule has 8 heteroatoms.